The Kier molecular flexibility index (Phi) is 7.42. The van der Waals surface area contributed by atoms with Gasteiger partial charge in [0.15, 0.2) is 5.13 Å². The van der Waals surface area contributed by atoms with Gasteiger partial charge in [-0.1, -0.05) is 74.5 Å². The fourth-order valence-electron chi connectivity index (χ4n) is 5.37. The summed E-state index contributed by atoms with van der Waals surface area (Å²) in [6.45, 7) is 4.59. The molecule has 3 heterocycles. The second-order valence-corrected chi connectivity index (χ2v) is 16.8. The van der Waals surface area contributed by atoms with Crippen LogP contribution in [0.5, 0.6) is 0 Å². The molecule has 0 unspecified atom stereocenters. The van der Waals surface area contributed by atoms with Gasteiger partial charge in [0.25, 0.3) is 18.3 Å². The Balaban J connectivity index is 1.35. The first kappa shape index (κ1) is 27.2. The second-order valence-electron chi connectivity index (χ2n) is 10.3. The van der Waals surface area contributed by atoms with Crippen molar-refractivity contribution in [3.05, 3.63) is 90.6 Å². The number of carbonyl (C=O) groups is 1. The molecular weight excluding hydrogens is 549 g/mol. The molecule has 1 amide bonds. The Labute approximate surface area is 233 Å². The van der Waals surface area contributed by atoms with Crippen molar-refractivity contribution < 1.29 is 18.0 Å². The van der Waals surface area contributed by atoms with Gasteiger partial charge in [-0.05, 0) is 40.4 Å². The first-order chi connectivity index (χ1) is 18.6. The molecule has 0 radical (unpaired) electrons. The number of sulfonamides is 1. The van der Waals surface area contributed by atoms with E-state index >= 15 is 0 Å². The highest BCUT2D eigenvalue weighted by molar-refractivity contribution is 7.93. The van der Waals surface area contributed by atoms with Gasteiger partial charge >= 0.3 is 0 Å². The maximum atomic E-state index is 13.6. The fraction of sp³-hybridized carbons (Fsp3) is 0.250. The predicted octanol–water partition coefficient (Wildman–Crippen LogP) is 3.61. The van der Waals surface area contributed by atoms with Crippen molar-refractivity contribution in [2.24, 2.45) is 5.92 Å². The van der Waals surface area contributed by atoms with E-state index in [0.717, 1.165) is 10.4 Å². The van der Waals surface area contributed by atoms with Crippen LogP contribution in [0.2, 0.25) is 5.04 Å². The number of nitrogens with zero attached hydrogens (tertiary/aromatic N) is 3. The number of rotatable bonds is 9. The van der Waals surface area contributed by atoms with E-state index in [1.54, 1.807) is 16.3 Å². The molecule has 5 rings (SSSR count). The largest absolute Gasteiger partial charge is 0.424 e. The summed E-state index contributed by atoms with van der Waals surface area (Å²) in [6.07, 6.45) is 3.92. The van der Waals surface area contributed by atoms with Gasteiger partial charge in [-0.25, -0.2) is 18.4 Å². The monoisotopic (exact) mass is 578 g/mol. The Morgan fingerprint density at radius 2 is 1.67 bits per heavy atom. The summed E-state index contributed by atoms with van der Waals surface area (Å²) in [6, 6.07) is 22.6. The molecule has 0 aliphatic carbocycles. The van der Waals surface area contributed by atoms with E-state index in [4.69, 9.17) is 0 Å². The highest BCUT2D eigenvalue weighted by Crippen LogP contribution is 2.44. The van der Waals surface area contributed by atoms with E-state index < -0.39 is 23.4 Å². The van der Waals surface area contributed by atoms with Crippen LogP contribution in [0.4, 0.5) is 10.9 Å². The van der Waals surface area contributed by atoms with E-state index in [-0.39, 0.29) is 21.9 Å². The van der Waals surface area contributed by atoms with Crippen LogP contribution in [-0.2, 0) is 14.8 Å². The quantitative estimate of drug-likeness (QED) is 0.294. The van der Waals surface area contributed by atoms with Crippen molar-refractivity contribution in [1.29, 1.82) is 0 Å². The van der Waals surface area contributed by atoms with Gasteiger partial charge in [-0.2, -0.15) is 0 Å². The van der Waals surface area contributed by atoms with Gasteiger partial charge in [0.1, 0.15) is 10.7 Å². The summed E-state index contributed by atoms with van der Waals surface area (Å²) in [7, 11) is -7.08. The molecule has 0 saturated carbocycles. The predicted molar refractivity (Wildman–Crippen MR) is 156 cm³/mol. The lowest BCUT2D eigenvalue weighted by Gasteiger charge is -2.42. The van der Waals surface area contributed by atoms with Crippen LogP contribution in [0.25, 0.3) is 0 Å². The van der Waals surface area contributed by atoms with E-state index in [2.05, 4.69) is 28.5 Å². The van der Waals surface area contributed by atoms with E-state index in [9.17, 15) is 18.0 Å². The van der Waals surface area contributed by atoms with Crippen molar-refractivity contribution in [2.45, 2.75) is 36.6 Å². The number of amides is 1. The molecule has 1 atom stereocenters. The highest BCUT2D eigenvalue weighted by atomic mass is 32.2. The number of aromatic nitrogens is 2. The van der Waals surface area contributed by atoms with Crippen LogP contribution >= 0.6 is 11.3 Å². The van der Waals surface area contributed by atoms with E-state index in [0.29, 0.717) is 25.2 Å². The molecule has 0 bridgehead atoms. The molecule has 39 heavy (non-hydrogen) atoms. The third-order valence-corrected chi connectivity index (χ3v) is 14.0. The van der Waals surface area contributed by atoms with Gasteiger partial charge in [-0.3, -0.25) is 14.4 Å². The number of hydrogen-bond acceptors (Lipinski definition) is 7. The van der Waals surface area contributed by atoms with Crippen LogP contribution in [0.1, 0.15) is 26.7 Å². The summed E-state index contributed by atoms with van der Waals surface area (Å²) < 4.78 is 27.7. The van der Waals surface area contributed by atoms with Crippen LogP contribution < -0.4 is 20.0 Å². The van der Waals surface area contributed by atoms with Gasteiger partial charge < -0.3 is 4.80 Å². The minimum atomic E-state index is -3.83. The lowest BCUT2D eigenvalue weighted by Crippen LogP contribution is -2.65. The van der Waals surface area contributed by atoms with E-state index in [1.807, 2.05) is 60.7 Å². The third-order valence-electron chi connectivity index (χ3n) is 7.40. The molecule has 1 saturated heterocycles. The Morgan fingerprint density at radius 3 is 2.21 bits per heavy atom. The number of thiazole rings is 1. The van der Waals surface area contributed by atoms with Crippen molar-refractivity contribution in [2.75, 3.05) is 16.2 Å². The normalized spacial score (nSPS) is 16.4. The Hall–Kier alpha value is -3.38. The summed E-state index contributed by atoms with van der Waals surface area (Å²) >= 11 is 1.18. The molecule has 202 valence electrons. The molecule has 8 nitrogen and oxygen atoms in total. The first-order valence-electron chi connectivity index (χ1n) is 12.6. The zero-order valence-electron chi connectivity index (χ0n) is 21.7. The van der Waals surface area contributed by atoms with Crippen LogP contribution in [0.15, 0.2) is 95.5 Å². The minimum Gasteiger partial charge on any atom is -0.424 e. The summed E-state index contributed by atoms with van der Waals surface area (Å²) in [5.41, 5.74) is 0. The third kappa shape index (κ3) is 5.27. The molecule has 2 N–H and O–H groups in total. The van der Waals surface area contributed by atoms with Gasteiger partial charge in [-0.15, -0.1) is 11.3 Å². The van der Waals surface area contributed by atoms with E-state index in [1.165, 1.54) is 29.8 Å². The van der Waals surface area contributed by atoms with Crippen molar-refractivity contribution >= 4 is 56.9 Å². The minimum absolute atomic E-state index is 0.00688. The van der Waals surface area contributed by atoms with Crippen LogP contribution in [-0.4, -0.2) is 44.0 Å². The van der Waals surface area contributed by atoms with Gasteiger partial charge in [0.05, 0.1) is 0 Å². The Morgan fingerprint density at radius 1 is 1.03 bits per heavy atom. The molecule has 2 aromatic heterocycles. The molecule has 1 aliphatic rings. The number of carbonyl (C=O) groups excluding carboxylic acids is 1. The zero-order valence-corrected chi connectivity index (χ0v) is 24.3. The molecule has 4 aromatic rings. The smallest absolute Gasteiger partial charge is 0.265 e. The topological polar surface area (TPSA) is 112 Å². The lowest BCUT2D eigenvalue weighted by atomic mass is 9.95. The number of hydrogen-bond donors (Lipinski definition) is 2. The first-order valence-corrected chi connectivity index (χ1v) is 17.0. The molecule has 11 heteroatoms. The molecule has 1 fully saturated rings. The molecular formula is C28H30N4O4S2Si. The zero-order chi connectivity index (χ0) is 27.7. The summed E-state index contributed by atoms with van der Waals surface area (Å²) in [5.74, 6) is 0.0555. The second kappa shape index (κ2) is 10.6. The number of anilines is 2. The maximum Gasteiger partial charge on any atom is 0.265 e. The molecule has 2 aromatic carbocycles. The molecule has 0 spiro atoms. The Bertz CT molecular complexity index is 1490. The van der Waals surface area contributed by atoms with Gasteiger partial charge in [0, 0.05) is 30.2 Å². The number of nitrogens with one attached hydrogen (secondary N) is 1. The highest BCUT2D eigenvalue weighted by Gasteiger charge is 2.52. The number of pyridine rings is 1. The van der Waals surface area contributed by atoms with Crippen molar-refractivity contribution in [1.82, 2.24) is 9.97 Å². The average Bonchev–Trinajstić information content (AvgIpc) is 3.58. The van der Waals surface area contributed by atoms with Crippen LogP contribution in [0.3, 0.4) is 0 Å². The SMILES string of the molecule is CC(C)(C[C@@H]1CCN(c2ccc(S(=O)(=O)Nc3nccs3)cn2)C1=O)[Si](O)(c1ccccc1)c1ccccc1. The number of benzene rings is 2. The average molecular weight is 579 g/mol. The van der Waals surface area contributed by atoms with Crippen molar-refractivity contribution in [3.8, 4) is 0 Å². The summed E-state index contributed by atoms with van der Waals surface area (Å²) in [5, 5.41) is 3.22. The fourth-order valence-corrected chi connectivity index (χ4v) is 10.9. The van der Waals surface area contributed by atoms with Gasteiger partial charge in [0.2, 0.25) is 5.91 Å². The molecule has 1 aliphatic heterocycles. The standard InChI is InChI=1S/C28H30N4O4S2Si/c1-28(2,39(36,23-9-5-3-6-10-23)24-11-7-4-8-12-24)19-21-15-17-32(26(21)33)25-14-13-22(20-30-25)38(34,35)31-27-29-16-18-37-27/h3-14,16,18,20-21,36H,15,17,19H2,1-2H3,(H,29,31)/t21-/m0/s1. The summed E-state index contributed by atoms with van der Waals surface area (Å²) in [4.78, 5) is 35.9. The lowest BCUT2D eigenvalue weighted by molar-refractivity contribution is -0.120. The maximum absolute atomic E-state index is 13.6. The van der Waals surface area contributed by atoms with Crippen LogP contribution in [0, 0.1) is 5.92 Å². The van der Waals surface area contributed by atoms with Crippen molar-refractivity contribution in [3.63, 3.8) is 0 Å².